The van der Waals surface area contributed by atoms with Gasteiger partial charge in [-0.15, -0.1) is 0 Å². The zero-order valence-corrected chi connectivity index (χ0v) is 12.8. The summed E-state index contributed by atoms with van der Waals surface area (Å²) in [6.07, 6.45) is 2.27. The van der Waals surface area contributed by atoms with Gasteiger partial charge >= 0.3 is 0 Å². The van der Waals surface area contributed by atoms with Crippen molar-refractivity contribution in [3.8, 4) is 0 Å². The minimum Gasteiger partial charge on any atom is -0.319 e. The van der Waals surface area contributed by atoms with Gasteiger partial charge in [-0.3, -0.25) is 0 Å². The lowest BCUT2D eigenvalue weighted by Crippen LogP contribution is -2.22. The van der Waals surface area contributed by atoms with E-state index in [1.807, 2.05) is 7.05 Å². The monoisotopic (exact) mass is 267 g/mol. The molecule has 0 aliphatic rings. The molecule has 0 heterocycles. The number of benzene rings is 2. The molecule has 1 nitrogen and oxygen atoms in total. The van der Waals surface area contributed by atoms with E-state index in [4.69, 9.17) is 0 Å². The fraction of sp³-hybridized carbons (Fsp3) is 0.368. The van der Waals surface area contributed by atoms with Crippen LogP contribution in [0.5, 0.6) is 0 Å². The van der Waals surface area contributed by atoms with Crippen molar-refractivity contribution in [2.75, 3.05) is 13.6 Å². The summed E-state index contributed by atoms with van der Waals surface area (Å²) in [5.41, 5.74) is 5.56. The summed E-state index contributed by atoms with van der Waals surface area (Å²) in [4.78, 5) is 0. The lowest BCUT2D eigenvalue weighted by atomic mass is 9.91. The van der Waals surface area contributed by atoms with Crippen LogP contribution >= 0.6 is 0 Å². The van der Waals surface area contributed by atoms with Crippen LogP contribution in [0.3, 0.4) is 0 Å². The molecular formula is C19H25N. The third kappa shape index (κ3) is 4.50. The normalized spacial score (nSPS) is 12.3. The average molecular weight is 267 g/mol. The Bertz CT molecular complexity index is 528. The minimum absolute atomic E-state index is 0.643. The van der Waals surface area contributed by atoms with E-state index < -0.39 is 0 Å². The van der Waals surface area contributed by atoms with Gasteiger partial charge in [0.15, 0.2) is 0 Å². The van der Waals surface area contributed by atoms with Crippen molar-refractivity contribution in [3.05, 3.63) is 70.8 Å². The van der Waals surface area contributed by atoms with Gasteiger partial charge in [0.2, 0.25) is 0 Å². The molecule has 0 radical (unpaired) electrons. The van der Waals surface area contributed by atoms with Crippen molar-refractivity contribution in [1.29, 1.82) is 0 Å². The lowest BCUT2D eigenvalue weighted by Gasteiger charge is -2.17. The largest absolute Gasteiger partial charge is 0.319 e. The van der Waals surface area contributed by atoms with Gasteiger partial charge in [0.25, 0.3) is 0 Å². The smallest absolute Gasteiger partial charge is 0.00172 e. The van der Waals surface area contributed by atoms with Gasteiger partial charge < -0.3 is 5.32 Å². The van der Waals surface area contributed by atoms with Crippen molar-refractivity contribution in [2.24, 2.45) is 5.92 Å². The molecule has 20 heavy (non-hydrogen) atoms. The SMILES string of the molecule is CNCC(Cc1ccc(C)cc1)Cc1cccc(C)c1. The molecule has 0 fully saturated rings. The Balaban J connectivity index is 2.05. The molecule has 106 valence electrons. The molecule has 1 N–H and O–H groups in total. The van der Waals surface area contributed by atoms with Gasteiger partial charge in [-0.25, -0.2) is 0 Å². The van der Waals surface area contributed by atoms with E-state index in [2.05, 4.69) is 67.7 Å². The Morgan fingerprint density at radius 2 is 1.55 bits per heavy atom. The van der Waals surface area contributed by atoms with Gasteiger partial charge in [0.05, 0.1) is 0 Å². The Morgan fingerprint density at radius 3 is 2.20 bits per heavy atom. The molecule has 0 bridgehead atoms. The maximum atomic E-state index is 3.33. The first-order valence-electron chi connectivity index (χ1n) is 7.43. The Hall–Kier alpha value is -1.60. The van der Waals surface area contributed by atoms with Crippen molar-refractivity contribution < 1.29 is 0 Å². The van der Waals surface area contributed by atoms with E-state index >= 15 is 0 Å². The lowest BCUT2D eigenvalue weighted by molar-refractivity contribution is 0.493. The van der Waals surface area contributed by atoms with Crippen LogP contribution in [0, 0.1) is 19.8 Å². The zero-order chi connectivity index (χ0) is 14.4. The van der Waals surface area contributed by atoms with Crippen LogP contribution in [0.25, 0.3) is 0 Å². The first-order chi connectivity index (χ1) is 9.67. The molecule has 0 aliphatic heterocycles. The van der Waals surface area contributed by atoms with Crippen molar-refractivity contribution in [2.45, 2.75) is 26.7 Å². The topological polar surface area (TPSA) is 12.0 Å². The van der Waals surface area contributed by atoms with Crippen molar-refractivity contribution in [3.63, 3.8) is 0 Å². The maximum absolute atomic E-state index is 3.33. The van der Waals surface area contributed by atoms with Crippen LogP contribution < -0.4 is 5.32 Å². The quantitative estimate of drug-likeness (QED) is 0.836. The Labute approximate surface area is 123 Å². The van der Waals surface area contributed by atoms with Crippen LogP contribution in [0.2, 0.25) is 0 Å². The molecule has 0 amide bonds. The van der Waals surface area contributed by atoms with Crippen molar-refractivity contribution in [1.82, 2.24) is 5.32 Å². The molecule has 1 heteroatoms. The van der Waals surface area contributed by atoms with E-state index in [0.29, 0.717) is 5.92 Å². The molecule has 2 aromatic carbocycles. The van der Waals surface area contributed by atoms with E-state index in [9.17, 15) is 0 Å². The molecule has 2 aromatic rings. The van der Waals surface area contributed by atoms with Gasteiger partial charge in [0.1, 0.15) is 0 Å². The number of nitrogens with one attached hydrogen (secondary N) is 1. The summed E-state index contributed by atoms with van der Waals surface area (Å²) in [7, 11) is 2.04. The predicted octanol–water partition coefficient (Wildman–Crippen LogP) is 3.92. The van der Waals surface area contributed by atoms with Crippen LogP contribution in [-0.4, -0.2) is 13.6 Å². The van der Waals surface area contributed by atoms with E-state index in [1.165, 1.54) is 22.3 Å². The molecule has 0 saturated heterocycles. The zero-order valence-electron chi connectivity index (χ0n) is 12.8. The third-order valence-electron chi connectivity index (χ3n) is 3.74. The summed E-state index contributed by atoms with van der Waals surface area (Å²) in [5, 5.41) is 3.33. The number of hydrogen-bond donors (Lipinski definition) is 1. The highest BCUT2D eigenvalue weighted by molar-refractivity contribution is 5.24. The summed E-state index contributed by atoms with van der Waals surface area (Å²) in [6.45, 7) is 5.36. The summed E-state index contributed by atoms with van der Waals surface area (Å²) >= 11 is 0. The third-order valence-corrected chi connectivity index (χ3v) is 3.74. The first kappa shape index (κ1) is 14.8. The molecule has 0 saturated carbocycles. The highest BCUT2D eigenvalue weighted by atomic mass is 14.8. The average Bonchev–Trinajstić information content (AvgIpc) is 2.42. The van der Waals surface area contributed by atoms with Crippen LogP contribution in [0.4, 0.5) is 0 Å². The predicted molar refractivity (Wildman–Crippen MR) is 87.2 cm³/mol. The van der Waals surface area contributed by atoms with Crippen molar-refractivity contribution >= 4 is 0 Å². The molecule has 1 atom stereocenters. The van der Waals surface area contributed by atoms with Crippen LogP contribution in [0.15, 0.2) is 48.5 Å². The summed E-state index contributed by atoms with van der Waals surface area (Å²) in [6, 6.07) is 17.8. The summed E-state index contributed by atoms with van der Waals surface area (Å²) in [5.74, 6) is 0.643. The second kappa shape index (κ2) is 7.25. The molecule has 1 unspecified atom stereocenters. The number of hydrogen-bond acceptors (Lipinski definition) is 1. The Morgan fingerprint density at radius 1 is 0.850 bits per heavy atom. The second-order valence-electron chi connectivity index (χ2n) is 5.81. The highest BCUT2D eigenvalue weighted by Gasteiger charge is 2.10. The van der Waals surface area contributed by atoms with Crippen LogP contribution in [-0.2, 0) is 12.8 Å². The van der Waals surface area contributed by atoms with E-state index in [0.717, 1.165) is 19.4 Å². The van der Waals surface area contributed by atoms with Crippen LogP contribution in [0.1, 0.15) is 22.3 Å². The molecule has 2 rings (SSSR count). The second-order valence-corrected chi connectivity index (χ2v) is 5.81. The van der Waals surface area contributed by atoms with Gasteiger partial charge in [-0.05, 0) is 57.3 Å². The molecule has 0 aromatic heterocycles. The fourth-order valence-electron chi connectivity index (χ4n) is 2.74. The van der Waals surface area contributed by atoms with Gasteiger partial charge in [-0.2, -0.15) is 0 Å². The maximum Gasteiger partial charge on any atom is -0.00172 e. The van der Waals surface area contributed by atoms with E-state index in [1.54, 1.807) is 0 Å². The molecular weight excluding hydrogens is 242 g/mol. The van der Waals surface area contributed by atoms with Gasteiger partial charge in [0, 0.05) is 0 Å². The fourth-order valence-corrected chi connectivity index (χ4v) is 2.74. The highest BCUT2D eigenvalue weighted by Crippen LogP contribution is 2.16. The number of aryl methyl sites for hydroxylation is 2. The van der Waals surface area contributed by atoms with Gasteiger partial charge in [-0.1, -0.05) is 59.7 Å². The van der Waals surface area contributed by atoms with E-state index in [-0.39, 0.29) is 0 Å². The summed E-state index contributed by atoms with van der Waals surface area (Å²) < 4.78 is 0. The standard InChI is InChI=1S/C19H25N/c1-15-7-9-17(10-8-15)12-19(14-20-3)13-18-6-4-5-16(2)11-18/h4-11,19-20H,12-14H2,1-3H3. The number of rotatable bonds is 6. The molecule has 0 spiro atoms. The first-order valence-corrected chi connectivity index (χ1v) is 7.43. The molecule has 0 aliphatic carbocycles. The Kier molecular flexibility index (Phi) is 5.37. The minimum atomic E-state index is 0.643.